The van der Waals surface area contributed by atoms with E-state index in [9.17, 15) is 32.7 Å². The Morgan fingerprint density at radius 2 is 1.89 bits per heavy atom. The predicted molar refractivity (Wildman–Crippen MR) is 121 cm³/mol. The van der Waals surface area contributed by atoms with Crippen LogP contribution < -0.4 is 10.6 Å². The molecule has 0 radical (unpaired) electrons. The molecule has 0 saturated carbocycles. The normalized spacial score (nSPS) is 19.7. The van der Waals surface area contributed by atoms with Crippen molar-refractivity contribution >= 4 is 29.4 Å². The second-order valence-corrected chi connectivity index (χ2v) is 8.88. The van der Waals surface area contributed by atoms with Crippen molar-refractivity contribution in [3.05, 3.63) is 52.7 Å². The lowest BCUT2D eigenvalue weighted by Gasteiger charge is -2.25. The highest BCUT2D eigenvalue weighted by Gasteiger charge is 2.35. The minimum Gasteiger partial charge on any atom is -0.481 e. The first kappa shape index (κ1) is 24.5. The molecule has 1 aliphatic heterocycles. The molecule has 0 spiro atoms. The van der Waals surface area contributed by atoms with Crippen molar-refractivity contribution in [3.8, 4) is 0 Å². The molecular formula is C24H25F3N4O4. The number of anilines is 2. The number of hydrogen-bond acceptors (Lipinski definition) is 4. The predicted octanol–water partition coefficient (Wildman–Crippen LogP) is 4.23. The number of carboxylic acids is 1. The molecule has 2 aromatic rings. The zero-order chi connectivity index (χ0) is 25.3. The number of nitrogens with one attached hydrogen (secondary N) is 2. The van der Waals surface area contributed by atoms with E-state index in [1.54, 1.807) is 12.1 Å². The molecule has 35 heavy (non-hydrogen) atoms. The first-order valence-electron chi connectivity index (χ1n) is 11.3. The van der Waals surface area contributed by atoms with Crippen molar-refractivity contribution in [1.82, 2.24) is 9.88 Å². The number of aromatic nitrogens is 1. The van der Waals surface area contributed by atoms with Gasteiger partial charge in [-0.15, -0.1) is 0 Å². The van der Waals surface area contributed by atoms with Crippen LogP contribution in [0.3, 0.4) is 0 Å². The molecule has 4 rings (SSSR count). The summed E-state index contributed by atoms with van der Waals surface area (Å²) in [5.74, 6) is -1.36. The minimum atomic E-state index is -4.48. The van der Waals surface area contributed by atoms with Gasteiger partial charge >= 0.3 is 18.2 Å². The van der Waals surface area contributed by atoms with Crippen LogP contribution in [0.25, 0.3) is 0 Å². The number of rotatable bonds is 4. The van der Waals surface area contributed by atoms with Crippen molar-refractivity contribution in [2.75, 3.05) is 17.2 Å². The number of aliphatic carboxylic acids is 1. The van der Waals surface area contributed by atoms with Gasteiger partial charge in [0.25, 0.3) is 0 Å². The lowest BCUT2D eigenvalue weighted by Crippen LogP contribution is -2.45. The molecular weight excluding hydrogens is 465 g/mol. The molecule has 0 unspecified atom stereocenters. The van der Waals surface area contributed by atoms with E-state index in [-0.39, 0.29) is 11.3 Å². The van der Waals surface area contributed by atoms with E-state index in [0.717, 1.165) is 17.3 Å². The Labute approximate surface area is 199 Å². The number of benzene rings is 1. The molecule has 186 valence electrons. The van der Waals surface area contributed by atoms with Gasteiger partial charge in [0.05, 0.1) is 11.5 Å². The smallest absolute Gasteiger partial charge is 0.416 e. The van der Waals surface area contributed by atoms with Crippen LogP contribution in [0.5, 0.6) is 0 Å². The summed E-state index contributed by atoms with van der Waals surface area (Å²) >= 11 is 0. The molecule has 8 nitrogen and oxygen atoms in total. The topological polar surface area (TPSA) is 112 Å². The summed E-state index contributed by atoms with van der Waals surface area (Å²) in [4.78, 5) is 42.8. The number of pyridine rings is 1. The monoisotopic (exact) mass is 490 g/mol. The number of alkyl halides is 3. The Kier molecular flexibility index (Phi) is 6.68. The van der Waals surface area contributed by atoms with Gasteiger partial charge in [-0.05, 0) is 74.4 Å². The van der Waals surface area contributed by atoms with Crippen LogP contribution in [0.15, 0.2) is 30.3 Å². The molecule has 1 aromatic heterocycles. The number of halogens is 3. The van der Waals surface area contributed by atoms with Gasteiger partial charge in [0.1, 0.15) is 11.9 Å². The van der Waals surface area contributed by atoms with Gasteiger partial charge in [-0.2, -0.15) is 13.2 Å². The quantitative estimate of drug-likeness (QED) is 0.594. The average molecular weight is 490 g/mol. The Hall–Kier alpha value is -3.63. The fraction of sp³-hybridized carbons (Fsp3) is 0.417. The first-order chi connectivity index (χ1) is 16.5. The van der Waals surface area contributed by atoms with Gasteiger partial charge in [-0.1, -0.05) is 6.07 Å². The van der Waals surface area contributed by atoms with E-state index in [1.165, 1.54) is 24.0 Å². The number of aryl methyl sites for hydroxylation is 2. The molecule has 1 fully saturated rings. The SMILES string of the molecule is Cc1cc(NC(=O)N2CCC[C@@H]2C(=O)Nc2ccc3c(n2)CC[C@H](C(=O)O)C3)ccc1C(F)(F)F. The number of urea groups is 1. The van der Waals surface area contributed by atoms with Crippen molar-refractivity contribution in [2.45, 2.75) is 51.2 Å². The maximum absolute atomic E-state index is 13.0. The van der Waals surface area contributed by atoms with E-state index in [0.29, 0.717) is 44.5 Å². The van der Waals surface area contributed by atoms with Crippen LogP contribution in [-0.2, 0) is 28.6 Å². The van der Waals surface area contributed by atoms with E-state index < -0.39 is 41.6 Å². The minimum absolute atomic E-state index is 0.0147. The van der Waals surface area contributed by atoms with Crippen molar-refractivity contribution in [2.24, 2.45) is 5.92 Å². The second kappa shape index (κ2) is 9.55. The van der Waals surface area contributed by atoms with Crippen molar-refractivity contribution in [3.63, 3.8) is 0 Å². The number of carbonyl (C=O) groups is 3. The highest BCUT2D eigenvalue weighted by molar-refractivity contribution is 5.99. The first-order valence-corrected chi connectivity index (χ1v) is 11.3. The molecule has 1 saturated heterocycles. The number of likely N-dealkylation sites (tertiary alicyclic amines) is 1. The molecule has 0 bridgehead atoms. The fourth-order valence-electron chi connectivity index (χ4n) is 4.64. The Balaban J connectivity index is 1.41. The Morgan fingerprint density at radius 1 is 1.11 bits per heavy atom. The summed E-state index contributed by atoms with van der Waals surface area (Å²) in [6, 6.07) is 5.41. The van der Waals surface area contributed by atoms with Crippen LogP contribution in [0.1, 0.15) is 41.6 Å². The lowest BCUT2D eigenvalue weighted by atomic mass is 9.87. The van der Waals surface area contributed by atoms with Crippen LogP contribution in [-0.4, -0.2) is 45.5 Å². The maximum Gasteiger partial charge on any atom is 0.416 e. The van der Waals surface area contributed by atoms with E-state index in [1.807, 2.05) is 0 Å². The second-order valence-electron chi connectivity index (χ2n) is 8.88. The van der Waals surface area contributed by atoms with Gasteiger partial charge in [0, 0.05) is 17.9 Å². The highest BCUT2D eigenvalue weighted by Crippen LogP contribution is 2.33. The third-order valence-electron chi connectivity index (χ3n) is 6.46. The van der Waals surface area contributed by atoms with Crippen LogP contribution in [0.2, 0.25) is 0 Å². The van der Waals surface area contributed by atoms with Crippen LogP contribution >= 0.6 is 0 Å². The largest absolute Gasteiger partial charge is 0.481 e. The zero-order valence-corrected chi connectivity index (χ0v) is 19.0. The number of carboxylic acid groups (broad SMARTS) is 1. The molecule has 2 atom stereocenters. The van der Waals surface area contributed by atoms with Gasteiger partial charge in [0.2, 0.25) is 5.91 Å². The standard InChI is InChI=1S/C24H25F3N4O4/c1-13-11-16(6-7-17(13)24(25,26)27)28-23(35)31-10-2-3-19(31)21(32)30-20-9-5-14-12-15(22(33)34)4-8-18(14)29-20/h5-7,9,11,15,19H,2-4,8,10,12H2,1H3,(H,28,35)(H,33,34)(H,29,30,32)/t15-,19+/m0/s1. The summed E-state index contributed by atoms with van der Waals surface area (Å²) in [5, 5.41) is 14.5. The van der Waals surface area contributed by atoms with Gasteiger partial charge in [-0.3, -0.25) is 9.59 Å². The molecule has 3 amide bonds. The average Bonchev–Trinajstić information content (AvgIpc) is 3.28. The van der Waals surface area contributed by atoms with Crippen molar-refractivity contribution in [1.29, 1.82) is 0 Å². The number of hydrogen-bond donors (Lipinski definition) is 3. The summed E-state index contributed by atoms with van der Waals surface area (Å²) in [5.41, 5.74) is 1.01. The van der Waals surface area contributed by atoms with Crippen LogP contribution in [0, 0.1) is 12.8 Å². The summed E-state index contributed by atoms with van der Waals surface area (Å²) in [6.45, 7) is 1.65. The van der Waals surface area contributed by atoms with Gasteiger partial charge in [0.15, 0.2) is 0 Å². The third-order valence-corrected chi connectivity index (χ3v) is 6.46. The lowest BCUT2D eigenvalue weighted by molar-refractivity contribution is -0.142. The summed E-state index contributed by atoms with van der Waals surface area (Å²) < 4.78 is 38.9. The Morgan fingerprint density at radius 3 is 2.57 bits per heavy atom. The van der Waals surface area contributed by atoms with E-state index >= 15 is 0 Å². The highest BCUT2D eigenvalue weighted by atomic mass is 19.4. The summed E-state index contributed by atoms with van der Waals surface area (Å²) in [7, 11) is 0. The number of amides is 3. The Bertz CT molecular complexity index is 1170. The molecule has 2 heterocycles. The third kappa shape index (κ3) is 5.39. The summed E-state index contributed by atoms with van der Waals surface area (Å²) in [6.07, 6.45) is -2.06. The molecule has 11 heteroatoms. The molecule has 1 aliphatic carbocycles. The molecule has 2 aliphatic rings. The van der Waals surface area contributed by atoms with Crippen LogP contribution in [0.4, 0.5) is 29.5 Å². The molecule has 1 aromatic carbocycles. The number of carbonyl (C=O) groups excluding carboxylic acids is 2. The number of fused-ring (bicyclic) bond motifs is 1. The van der Waals surface area contributed by atoms with Gasteiger partial charge in [-0.25, -0.2) is 9.78 Å². The number of nitrogens with zero attached hydrogens (tertiary/aromatic N) is 2. The van der Waals surface area contributed by atoms with Crippen molar-refractivity contribution < 1.29 is 32.7 Å². The van der Waals surface area contributed by atoms with E-state index in [2.05, 4.69) is 15.6 Å². The van der Waals surface area contributed by atoms with E-state index in [4.69, 9.17) is 0 Å². The maximum atomic E-state index is 13.0. The molecule has 3 N–H and O–H groups in total. The zero-order valence-electron chi connectivity index (χ0n) is 19.0. The van der Waals surface area contributed by atoms with Gasteiger partial charge < -0.3 is 20.6 Å². The fourth-order valence-corrected chi connectivity index (χ4v) is 4.64.